The molecular weight excluding hydrogens is 395 g/mol. The minimum absolute atomic E-state index is 0.140. The van der Waals surface area contributed by atoms with Gasteiger partial charge >= 0.3 is 0 Å². The van der Waals surface area contributed by atoms with Crippen molar-refractivity contribution in [3.63, 3.8) is 0 Å². The van der Waals surface area contributed by atoms with Crippen molar-refractivity contribution in [3.05, 3.63) is 46.9 Å². The summed E-state index contributed by atoms with van der Waals surface area (Å²) in [5.41, 5.74) is -0.221. The molecule has 0 spiro atoms. The summed E-state index contributed by atoms with van der Waals surface area (Å²) in [6.07, 6.45) is 1.17. The number of pyridine rings is 1. The standard InChI is InChI=1S/C20H22F2N5OP/c1-11-15(23-2)9-13-18-24-10-12-5-3-6-14(20(21,22)29)17(12)28-8-4-7-16(26-18)27-19(13)25-11/h3,5-6,9,23H,4,7-8,10,29H2,1-2H3,(H,24,25,26,27). The van der Waals surface area contributed by atoms with E-state index >= 15 is 0 Å². The van der Waals surface area contributed by atoms with Gasteiger partial charge in [0.2, 0.25) is 0 Å². The molecule has 152 valence electrons. The number of hydrogen-bond donors (Lipinski definition) is 2. The molecule has 29 heavy (non-hydrogen) atoms. The predicted octanol–water partition coefficient (Wildman–Crippen LogP) is 4.24. The number of benzene rings is 1. The Hall–Kier alpha value is -2.60. The van der Waals surface area contributed by atoms with E-state index in [0.717, 1.165) is 16.8 Å². The highest BCUT2D eigenvalue weighted by molar-refractivity contribution is 7.17. The number of hydrogen-bond acceptors (Lipinski definition) is 6. The largest absolute Gasteiger partial charge is 0.493 e. The summed E-state index contributed by atoms with van der Waals surface area (Å²) in [5.74, 6) is 1.50. The molecule has 0 saturated carbocycles. The summed E-state index contributed by atoms with van der Waals surface area (Å²) in [5, 5.41) is 7.18. The van der Waals surface area contributed by atoms with Crippen molar-refractivity contribution in [2.45, 2.75) is 32.0 Å². The van der Waals surface area contributed by atoms with E-state index in [0.29, 0.717) is 42.3 Å². The Kier molecular flexibility index (Phi) is 5.21. The fourth-order valence-electron chi connectivity index (χ4n) is 3.43. The number of aryl methyl sites for hydroxylation is 2. The average molecular weight is 417 g/mol. The molecular formula is C20H22F2N5OP. The molecule has 9 heteroatoms. The zero-order chi connectivity index (χ0) is 20.6. The summed E-state index contributed by atoms with van der Waals surface area (Å²) in [7, 11) is 3.42. The van der Waals surface area contributed by atoms with Gasteiger partial charge in [-0.15, -0.1) is 0 Å². The van der Waals surface area contributed by atoms with Gasteiger partial charge in [-0.05, 0) is 25.5 Å². The van der Waals surface area contributed by atoms with E-state index in [1.165, 1.54) is 6.07 Å². The number of ether oxygens (including phenoxy) is 1. The molecule has 3 heterocycles. The summed E-state index contributed by atoms with van der Waals surface area (Å²) >= 11 is 0. The van der Waals surface area contributed by atoms with E-state index in [1.807, 2.05) is 20.0 Å². The van der Waals surface area contributed by atoms with Crippen molar-refractivity contribution in [1.82, 2.24) is 15.0 Å². The van der Waals surface area contributed by atoms with E-state index in [-0.39, 0.29) is 17.9 Å². The van der Waals surface area contributed by atoms with E-state index < -0.39 is 5.66 Å². The lowest BCUT2D eigenvalue weighted by Crippen LogP contribution is -2.11. The lowest BCUT2D eigenvalue weighted by molar-refractivity contribution is 0.0987. The van der Waals surface area contributed by atoms with Crippen molar-refractivity contribution in [2.24, 2.45) is 0 Å². The van der Waals surface area contributed by atoms with Gasteiger partial charge in [0.05, 0.1) is 28.9 Å². The summed E-state index contributed by atoms with van der Waals surface area (Å²) in [4.78, 5) is 13.8. The average Bonchev–Trinajstić information content (AvgIpc) is 2.70. The molecule has 1 aliphatic rings. The third-order valence-electron chi connectivity index (χ3n) is 4.89. The second-order valence-corrected chi connectivity index (χ2v) is 7.68. The van der Waals surface area contributed by atoms with E-state index in [2.05, 4.69) is 25.6 Å². The number of para-hydroxylation sites is 1. The molecule has 2 N–H and O–H groups in total. The topological polar surface area (TPSA) is 72.0 Å². The quantitative estimate of drug-likeness (QED) is 0.608. The minimum atomic E-state index is -3.07. The van der Waals surface area contributed by atoms with Crippen LogP contribution in [0.2, 0.25) is 0 Å². The third-order valence-corrected chi connectivity index (χ3v) is 5.20. The molecule has 6 nitrogen and oxygen atoms in total. The molecule has 0 aliphatic carbocycles. The lowest BCUT2D eigenvalue weighted by Gasteiger charge is -2.19. The van der Waals surface area contributed by atoms with Crippen molar-refractivity contribution < 1.29 is 13.5 Å². The van der Waals surface area contributed by atoms with Crippen molar-refractivity contribution >= 4 is 31.8 Å². The summed E-state index contributed by atoms with van der Waals surface area (Å²) in [6.45, 7) is 2.51. The molecule has 0 saturated heterocycles. The van der Waals surface area contributed by atoms with E-state index in [1.54, 1.807) is 21.4 Å². The second-order valence-electron chi connectivity index (χ2n) is 6.95. The van der Waals surface area contributed by atoms with Gasteiger partial charge < -0.3 is 15.4 Å². The van der Waals surface area contributed by atoms with Crippen LogP contribution in [0.25, 0.3) is 11.0 Å². The van der Waals surface area contributed by atoms with Crippen LogP contribution in [0.15, 0.2) is 24.3 Å². The van der Waals surface area contributed by atoms with Crippen LogP contribution in [0.4, 0.5) is 20.3 Å². The van der Waals surface area contributed by atoms with Crippen molar-refractivity contribution in [1.29, 1.82) is 0 Å². The normalized spacial score (nSPS) is 14.4. The van der Waals surface area contributed by atoms with Crippen LogP contribution < -0.4 is 15.4 Å². The van der Waals surface area contributed by atoms with Crippen molar-refractivity contribution in [3.8, 4) is 5.75 Å². The number of nitrogens with zero attached hydrogens (tertiary/aromatic N) is 3. The molecule has 1 atom stereocenters. The molecule has 4 rings (SSSR count). The first kappa shape index (κ1) is 19.7. The summed E-state index contributed by atoms with van der Waals surface area (Å²) < 4.78 is 33.9. The van der Waals surface area contributed by atoms with Crippen LogP contribution in [0.5, 0.6) is 5.75 Å². The molecule has 0 radical (unpaired) electrons. The first-order chi connectivity index (χ1) is 13.9. The monoisotopic (exact) mass is 417 g/mol. The van der Waals surface area contributed by atoms with Crippen LogP contribution in [0.3, 0.4) is 0 Å². The maximum Gasteiger partial charge on any atom is 0.287 e. The molecule has 1 aliphatic heterocycles. The first-order valence-electron chi connectivity index (χ1n) is 9.38. The maximum atomic E-state index is 14.1. The first-order valence-corrected chi connectivity index (χ1v) is 9.96. The fraction of sp³-hybridized carbons (Fsp3) is 0.350. The molecule has 0 amide bonds. The Morgan fingerprint density at radius 3 is 2.83 bits per heavy atom. The van der Waals surface area contributed by atoms with E-state index in [4.69, 9.17) is 4.74 Å². The number of aromatic nitrogens is 3. The molecule has 0 fully saturated rings. The van der Waals surface area contributed by atoms with E-state index in [9.17, 15) is 8.78 Å². The van der Waals surface area contributed by atoms with Gasteiger partial charge in [-0.3, -0.25) is 0 Å². The van der Waals surface area contributed by atoms with Gasteiger partial charge in [0.1, 0.15) is 17.4 Å². The molecule has 2 aromatic heterocycles. The number of rotatable bonds is 2. The molecule has 1 aromatic carbocycles. The van der Waals surface area contributed by atoms with Gasteiger partial charge in [0.25, 0.3) is 5.66 Å². The van der Waals surface area contributed by atoms with Crippen LogP contribution >= 0.6 is 9.24 Å². The van der Waals surface area contributed by atoms with Crippen LogP contribution in [0, 0.1) is 6.92 Å². The zero-order valence-electron chi connectivity index (χ0n) is 16.2. The number of anilines is 2. The SMILES string of the molecule is CNc1cc2c3nc(nc2nc1C)CCCOc1c(cccc1C(F)(F)P)CN3. The number of alkyl halides is 2. The van der Waals surface area contributed by atoms with Gasteiger partial charge in [-0.1, -0.05) is 21.4 Å². The Morgan fingerprint density at radius 2 is 2.07 bits per heavy atom. The molecule has 2 bridgehead atoms. The van der Waals surface area contributed by atoms with Gasteiger partial charge in [0.15, 0.2) is 5.65 Å². The fourth-order valence-corrected chi connectivity index (χ4v) is 3.66. The Morgan fingerprint density at radius 1 is 1.24 bits per heavy atom. The van der Waals surface area contributed by atoms with Crippen molar-refractivity contribution in [2.75, 3.05) is 24.3 Å². The van der Waals surface area contributed by atoms with Crippen LogP contribution in [-0.4, -0.2) is 28.6 Å². The predicted molar refractivity (Wildman–Crippen MR) is 113 cm³/mol. The Labute approximate surface area is 169 Å². The number of halogens is 2. The minimum Gasteiger partial charge on any atom is -0.493 e. The maximum absolute atomic E-state index is 14.1. The Balaban J connectivity index is 1.81. The Bertz CT molecular complexity index is 1070. The molecule has 3 aromatic rings. The van der Waals surface area contributed by atoms with Crippen LogP contribution in [0.1, 0.15) is 29.1 Å². The highest BCUT2D eigenvalue weighted by atomic mass is 31.0. The number of nitrogens with one attached hydrogen (secondary N) is 2. The zero-order valence-corrected chi connectivity index (χ0v) is 17.4. The van der Waals surface area contributed by atoms with Gasteiger partial charge in [-0.25, -0.2) is 15.0 Å². The second kappa shape index (κ2) is 7.67. The number of fused-ring (bicyclic) bond motifs is 5. The van der Waals surface area contributed by atoms with Gasteiger partial charge in [0, 0.05) is 25.6 Å². The summed E-state index contributed by atoms with van der Waals surface area (Å²) in [6, 6.07) is 6.75. The highest BCUT2D eigenvalue weighted by Gasteiger charge is 2.30. The third kappa shape index (κ3) is 3.94. The van der Waals surface area contributed by atoms with Crippen LogP contribution in [-0.2, 0) is 18.6 Å². The van der Waals surface area contributed by atoms with Gasteiger partial charge in [-0.2, -0.15) is 8.78 Å². The highest BCUT2D eigenvalue weighted by Crippen LogP contribution is 2.42. The molecule has 1 unspecified atom stereocenters. The lowest BCUT2D eigenvalue weighted by atomic mass is 10.1. The smallest absolute Gasteiger partial charge is 0.287 e.